The number of nitrogens with one attached hydrogen (secondary N) is 1. The molecule has 1 saturated heterocycles. The molecular formula is C25H32N2O6S. The van der Waals surface area contributed by atoms with Gasteiger partial charge in [0.1, 0.15) is 5.75 Å². The van der Waals surface area contributed by atoms with Crippen LogP contribution in [0.15, 0.2) is 53.4 Å². The summed E-state index contributed by atoms with van der Waals surface area (Å²) < 4.78 is 38.8. The van der Waals surface area contributed by atoms with Crippen molar-refractivity contribution >= 4 is 21.9 Å². The fourth-order valence-electron chi connectivity index (χ4n) is 3.95. The first-order valence-corrected chi connectivity index (χ1v) is 13.1. The van der Waals surface area contributed by atoms with Gasteiger partial charge in [-0.25, -0.2) is 13.2 Å². The van der Waals surface area contributed by atoms with Crippen LogP contribution in [0.2, 0.25) is 0 Å². The Balaban J connectivity index is 1.58. The summed E-state index contributed by atoms with van der Waals surface area (Å²) in [6.07, 6.45) is 2.06. The van der Waals surface area contributed by atoms with Crippen molar-refractivity contribution in [2.75, 3.05) is 32.8 Å². The van der Waals surface area contributed by atoms with Crippen molar-refractivity contribution < 1.29 is 27.5 Å². The van der Waals surface area contributed by atoms with Crippen LogP contribution < -0.4 is 10.1 Å². The van der Waals surface area contributed by atoms with Gasteiger partial charge in [0.05, 0.1) is 29.2 Å². The zero-order valence-electron chi connectivity index (χ0n) is 19.7. The Labute approximate surface area is 201 Å². The van der Waals surface area contributed by atoms with Gasteiger partial charge < -0.3 is 14.8 Å². The first-order valence-electron chi connectivity index (χ1n) is 11.6. The van der Waals surface area contributed by atoms with Crippen molar-refractivity contribution in [3.8, 4) is 5.75 Å². The summed E-state index contributed by atoms with van der Waals surface area (Å²) in [5.74, 6) is -0.0804. The minimum atomic E-state index is -3.75. The van der Waals surface area contributed by atoms with Gasteiger partial charge in [0.25, 0.3) is 5.91 Å². The van der Waals surface area contributed by atoms with Crippen LogP contribution >= 0.6 is 0 Å². The van der Waals surface area contributed by atoms with E-state index in [1.54, 1.807) is 38.1 Å². The number of hydrogen-bond donors (Lipinski definition) is 1. The second-order valence-corrected chi connectivity index (χ2v) is 10.0. The molecule has 0 aliphatic carbocycles. The maximum atomic E-state index is 13.2. The SMILES string of the molecule is CCNC(=O)c1cc(S(=O)(=O)N2CCC(CCOC(=O)c3ccccc3)CC2)ccc1OCC. The lowest BCUT2D eigenvalue weighted by Gasteiger charge is -2.31. The minimum Gasteiger partial charge on any atom is -0.493 e. The van der Waals surface area contributed by atoms with E-state index in [0.717, 1.165) is 0 Å². The van der Waals surface area contributed by atoms with Gasteiger partial charge in [-0.2, -0.15) is 4.31 Å². The molecule has 184 valence electrons. The van der Waals surface area contributed by atoms with Gasteiger partial charge in [0.2, 0.25) is 10.0 Å². The molecule has 1 heterocycles. The zero-order valence-corrected chi connectivity index (χ0v) is 20.5. The lowest BCUT2D eigenvalue weighted by molar-refractivity contribution is 0.0472. The minimum absolute atomic E-state index is 0.0763. The molecule has 0 aromatic heterocycles. The first kappa shape index (κ1) is 25.7. The highest BCUT2D eigenvalue weighted by molar-refractivity contribution is 7.89. The van der Waals surface area contributed by atoms with Crippen LogP contribution in [0.3, 0.4) is 0 Å². The standard InChI is InChI=1S/C25H32N2O6S/c1-3-26-24(28)22-18-21(10-11-23(22)32-4-2)34(30,31)27-15-12-19(13-16-27)14-17-33-25(29)20-8-6-5-7-9-20/h5-11,18-19H,3-4,12-17H2,1-2H3,(H,26,28). The molecule has 1 aliphatic heterocycles. The van der Waals surface area contributed by atoms with Crippen molar-refractivity contribution in [3.05, 3.63) is 59.7 Å². The Morgan fingerprint density at radius 1 is 1.06 bits per heavy atom. The fraction of sp³-hybridized carbons (Fsp3) is 0.440. The molecule has 2 aromatic rings. The number of nitrogens with zero attached hydrogens (tertiary/aromatic N) is 1. The van der Waals surface area contributed by atoms with Crippen molar-refractivity contribution in [1.82, 2.24) is 9.62 Å². The van der Waals surface area contributed by atoms with Crippen LogP contribution in [-0.2, 0) is 14.8 Å². The molecule has 3 rings (SSSR count). The lowest BCUT2D eigenvalue weighted by atomic mass is 9.95. The fourth-order valence-corrected chi connectivity index (χ4v) is 5.44. The Bertz CT molecular complexity index is 1080. The van der Waals surface area contributed by atoms with E-state index in [2.05, 4.69) is 5.32 Å². The third-order valence-electron chi connectivity index (χ3n) is 5.81. The molecule has 0 bridgehead atoms. The summed E-state index contributed by atoms with van der Waals surface area (Å²) in [5.41, 5.74) is 0.727. The van der Waals surface area contributed by atoms with E-state index in [1.165, 1.54) is 22.5 Å². The Morgan fingerprint density at radius 2 is 1.76 bits per heavy atom. The van der Waals surface area contributed by atoms with E-state index in [-0.39, 0.29) is 28.3 Å². The number of carbonyl (C=O) groups excluding carboxylic acids is 2. The largest absolute Gasteiger partial charge is 0.493 e. The van der Waals surface area contributed by atoms with E-state index in [4.69, 9.17) is 9.47 Å². The highest BCUT2D eigenvalue weighted by Gasteiger charge is 2.30. The van der Waals surface area contributed by atoms with Gasteiger partial charge in [0, 0.05) is 19.6 Å². The molecular weight excluding hydrogens is 456 g/mol. The molecule has 0 unspecified atom stereocenters. The number of ether oxygens (including phenoxy) is 2. The highest BCUT2D eigenvalue weighted by atomic mass is 32.2. The van der Waals surface area contributed by atoms with Gasteiger partial charge in [-0.3, -0.25) is 4.79 Å². The van der Waals surface area contributed by atoms with E-state index in [9.17, 15) is 18.0 Å². The van der Waals surface area contributed by atoms with Gasteiger partial charge in [-0.15, -0.1) is 0 Å². The summed E-state index contributed by atoms with van der Waals surface area (Å²) in [6, 6.07) is 13.3. The molecule has 1 amide bonds. The van der Waals surface area contributed by atoms with Crippen LogP contribution in [0.4, 0.5) is 0 Å². The molecule has 0 spiro atoms. The summed E-state index contributed by atoms with van der Waals surface area (Å²) in [5, 5.41) is 2.70. The summed E-state index contributed by atoms with van der Waals surface area (Å²) in [7, 11) is -3.75. The van der Waals surface area contributed by atoms with Gasteiger partial charge in [-0.1, -0.05) is 18.2 Å². The summed E-state index contributed by atoms with van der Waals surface area (Å²) in [4.78, 5) is 24.6. The van der Waals surface area contributed by atoms with E-state index in [1.807, 2.05) is 6.07 Å². The maximum Gasteiger partial charge on any atom is 0.338 e. The molecule has 2 aromatic carbocycles. The van der Waals surface area contributed by atoms with E-state index >= 15 is 0 Å². The monoisotopic (exact) mass is 488 g/mol. The van der Waals surface area contributed by atoms with Gasteiger partial charge in [-0.05, 0) is 69.4 Å². The quantitative estimate of drug-likeness (QED) is 0.514. The molecule has 0 atom stereocenters. The molecule has 1 fully saturated rings. The average Bonchev–Trinajstić information content (AvgIpc) is 2.85. The number of carbonyl (C=O) groups is 2. The lowest BCUT2D eigenvalue weighted by Crippen LogP contribution is -2.38. The third-order valence-corrected chi connectivity index (χ3v) is 7.71. The average molecular weight is 489 g/mol. The van der Waals surface area contributed by atoms with Gasteiger partial charge in [0.15, 0.2) is 0 Å². The number of sulfonamides is 1. The first-order chi connectivity index (χ1) is 16.4. The molecule has 34 heavy (non-hydrogen) atoms. The summed E-state index contributed by atoms with van der Waals surface area (Å²) in [6.45, 7) is 5.46. The maximum absolute atomic E-state index is 13.2. The number of piperidine rings is 1. The molecule has 1 aliphatic rings. The number of hydrogen-bond acceptors (Lipinski definition) is 6. The molecule has 1 N–H and O–H groups in total. The molecule has 0 radical (unpaired) electrons. The third kappa shape index (κ3) is 6.36. The van der Waals surface area contributed by atoms with Crippen LogP contribution in [0, 0.1) is 5.92 Å². The molecule has 0 saturated carbocycles. The molecule has 9 heteroatoms. The predicted octanol–water partition coefficient (Wildman–Crippen LogP) is 3.48. The van der Waals surface area contributed by atoms with E-state index in [0.29, 0.717) is 63.4 Å². The Kier molecular flexibility index (Phi) is 9.06. The predicted molar refractivity (Wildman–Crippen MR) is 128 cm³/mol. The normalized spacial score (nSPS) is 15.0. The smallest absolute Gasteiger partial charge is 0.338 e. The topological polar surface area (TPSA) is 102 Å². The van der Waals surface area contributed by atoms with Crippen LogP contribution in [0.25, 0.3) is 0 Å². The summed E-state index contributed by atoms with van der Waals surface area (Å²) >= 11 is 0. The molecule has 8 nitrogen and oxygen atoms in total. The van der Waals surface area contributed by atoms with Crippen LogP contribution in [0.1, 0.15) is 53.8 Å². The Morgan fingerprint density at radius 3 is 2.41 bits per heavy atom. The van der Waals surface area contributed by atoms with Crippen molar-refractivity contribution in [2.24, 2.45) is 5.92 Å². The van der Waals surface area contributed by atoms with Crippen molar-refractivity contribution in [3.63, 3.8) is 0 Å². The van der Waals surface area contributed by atoms with Crippen molar-refractivity contribution in [1.29, 1.82) is 0 Å². The Hall–Kier alpha value is -2.91. The highest BCUT2D eigenvalue weighted by Crippen LogP contribution is 2.29. The number of rotatable bonds is 10. The zero-order chi connectivity index (χ0) is 24.6. The number of benzene rings is 2. The second kappa shape index (κ2) is 12.0. The number of amides is 1. The van der Waals surface area contributed by atoms with Crippen molar-refractivity contribution in [2.45, 2.75) is 38.0 Å². The number of esters is 1. The van der Waals surface area contributed by atoms with E-state index < -0.39 is 10.0 Å². The second-order valence-electron chi connectivity index (χ2n) is 8.09. The van der Waals surface area contributed by atoms with Crippen LogP contribution in [-0.4, -0.2) is 57.4 Å². The van der Waals surface area contributed by atoms with Gasteiger partial charge >= 0.3 is 5.97 Å². The van der Waals surface area contributed by atoms with Crippen LogP contribution in [0.5, 0.6) is 5.75 Å².